The van der Waals surface area contributed by atoms with Crippen LogP contribution in [0.1, 0.15) is 28.8 Å². The zero-order chi connectivity index (χ0) is 37.3. The minimum Gasteiger partial charge on any atom is -0.378 e. The number of hydrogen-bond acceptors (Lipinski definition) is 11. The first-order valence-corrected chi connectivity index (χ1v) is 18.7. The lowest BCUT2D eigenvalue weighted by Crippen LogP contribution is -2.44. The van der Waals surface area contributed by atoms with Crippen molar-refractivity contribution in [2.45, 2.75) is 25.4 Å². The van der Waals surface area contributed by atoms with E-state index in [1.807, 2.05) is 33.7 Å². The van der Waals surface area contributed by atoms with Gasteiger partial charge in [-0.05, 0) is 94.1 Å². The Balaban J connectivity index is 0.00000155. The van der Waals surface area contributed by atoms with E-state index in [4.69, 9.17) is 23.2 Å². The van der Waals surface area contributed by atoms with E-state index in [1.165, 1.54) is 5.56 Å². The summed E-state index contributed by atoms with van der Waals surface area (Å²) in [6.07, 6.45) is 4.07. The van der Waals surface area contributed by atoms with Crippen LogP contribution >= 0.6 is 0 Å². The van der Waals surface area contributed by atoms with Gasteiger partial charge in [0.25, 0.3) is 5.91 Å². The first-order valence-electron chi connectivity index (χ1n) is 18.0. The first-order chi connectivity index (χ1) is 25.7. The quantitative estimate of drug-likeness (QED) is 0.274. The Morgan fingerprint density at radius 3 is 2.08 bits per heavy atom. The van der Waals surface area contributed by atoms with Crippen molar-refractivity contribution in [3.8, 4) is 11.4 Å². The monoisotopic (exact) mass is 744 g/mol. The summed E-state index contributed by atoms with van der Waals surface area (Å²) >= 11 is -0.750. The van der Waals surface area contributed by atoms with Crippen molar-refractivity contribution in [3.63, 3.8) is 0 Å². The number of hydrogen-bond donors (Lipinski definition) is 2. The fourth-order valence-corrected chi connectivity index (χ4v) is 6.98. The highest BCUT2D eigenvalue weighted by atomic mass is 32.1. The molecule has 3 amide bonds. The molecule has 2 aromatic heterocycles. The topological polar surface area (TPSA) is 148 Å². The second kappa shape index (κ2) is 17.9. The van der Waals surface area contributed by atoms with Crippen molar-refractivity contribution >= 4 is 46.2 Å². The highest BCUT2D eigenvalue weighted by Gasteiger charge is 2.25. The van der Waals surface area contributed by atoms with Crippen LogP contribution in [0.5, 0.6) is 0 Å². The van der Waals surface area contributed by atoms with Gasteiger partial charge < -0.3 is 35.0 Å². The van der Waals surface area contributed by atoms with Crippen LogP contribution in [0, 0.1) is 0 Å². The van der Waals surface area contributed by atoms with Crippen molar-refractivity contribution in [2.24, 2.45) is 0 Å². The molecule has 53 heavy (non-hydrogen) atoms. The molecule has 0 unspecified atom stereocenters. The number of piperazine rings is 1. The summed E-state index contributed by atoms with van der Waals surface area (Å²) in [6, 6.07) is 17.0. The van der Waals surface area contributed by atoms with Crippen molar-refractivity contribution < 1.29 is 22.7 Å². The lowest BCUT2D eigenvalue weighted by Gasteiger charge is -2.35. The number of urea groups is 1. The predicted octanol–water partition coefficient (Wildman–Crippen LogP) is 3.12. The van der Waals surface area contributed by atoms with E-state index in [-0.39, 0.29) is 11.9 Å². The van der Waals surface area contributed by atoms with Gasteiger partial charge in [0.05, 0.1) is 13.2 Å². The van der Waals surface area contributed by atoms with Crippen LogP contribution in [0.3, 0.4) is 0 Å². The number of anilines is 3. The molecule has 5 heterocycles. The molecule has 3 aliphatic rings. The number of nitrogens with zero attached hydrogens (tertiary/aromatic N) is 8. The predicted molar refractivity (Wildman–Crippen MR) is 205 cm³/mol. The molecular formula is C37H48N10O5S. The third kappa shape index (κ3) is 9.83. The highest BCUT2D eigenvalue weighted by molar-refractivity contribution is 7.51. The molecule has 15 nitrogen and oxygen atoms in total. The molecule has 16 heteroatoms. The fraction of sp³-hybridized carbons (Fsp3) is 0.459. The van der Waals surface area contributed by atoms with E-state index in [0.29, 0.717) is 42.0 Å². The normalized spacial score (nSPS) is 17.4. The van der Waals surface area contributed by atoms with Gasteiger partial charge in [0.1, 0.15) is 5.52 Å². The molecule has 3 fully saturated rings. The maximum atomic E-state index is 13.0. The number of nitrogens with one attached hydrogen (secondary N) is 2. The van der Waals surface area contributed by atoms with E-state index in [9.17, 15) is 9.59 Å². The molecule has 3 saturated heterocycles. The number of carbonyl (C=O) groups is 2. The number of morpholine rings is 1. The van der Waals surface area contributed by atoms with E-state index in [0.717, 1.165) is 88.6 Å². The Morgan fingerprint density at radius 1 is 0.868 bits per heavy atom. The average Bonchev–Trinajstić information content (AvgIpc) is 3.59. The molecule has 4 aromatic rings. The summed E-state index contributed by atoms with van der Waals surface area (Å²) in [5, 5.41) is 10.7. The van der Waals surface area contributed by atoms with Crippen molar-refractivity contribution in [1.82, 2.24) is 34.2 Å². The zero-order valence-corrected chi connectivity index (χ0v) is 31.4. The van der Waals surface area contributed by atoms with Gasteiger partial charge >= 0.3 is 17.6 Å². The van der Waals surface area contributed by atoms with Crippen LogP contribution in [0.25, 0.3) is 16.9 Å². The number of carbonyl (C=O) groups excluding carboxylic acids is 2. The fourth-order valence-electron chi connectivity index (χ4n) is 6.98. The van der Waals surface area contributed by atoms with Gasteiger partial charge in [-0.1, -0.05) is 0 Å². The molecule has 7 rings (SSSR count). The van der Waals surface area contributed by atoms with Crippen molar-refractivity contribution in [3.05, 3.63) is 71.9 Å². The van der Waals surface area contributed by atoms with E-state index < -0.39 is 11.6 Å². The summed E-state index contributed by atoms with van der Waals surface area (Å²) in [6.45, 7) is 9.54. The molecule has 2 N–H and O–H groups in total. The minimum absolute atomic E-state index is 0.0290. The standard InChI is InChI=1S/C37H48N10O3.O2S/c1-42(2)32-12-14-46(15-13-32)36(48)29-6-10-31(11-7-29)39-37(49)38-30-8-4-28(5-9-30)34-40-35(45-20-22-50-23-21-45)33-24-27(26-47(33)41-34)25-44-18-16-43(3)17-19-44;1-3-2/h4-11,24,26,32H,12-23,25H2,1-3H3,(H2,38,39,49);. The van der Waals surface area contributed by atoms with Gasteiger partial charge in [0.15, 0.2) is 11.6 Å². The number of likely N-dealkylation sites (N-methyl/N-ethyl adjacent to an activating group) is 1. The second-order valence-electron chi connectivity index (χ2n) is 13.9. The van der Waals surface area contributed by atoms with E-state index in [1.54, 1.807) is 24.3 Å². The van der Waals surface area contributed by atoms with Crippen molar-refractivity contribution in [2.75, 3.05) is 102 Å². The summed E-state index contributed by atoms with van der Waals surface area (Å²) in [4.78, 5) is 42.2. The van der Waals surface area contributed by atoms with Crippen LogP contribution in [0.2, 0.25) is 0 Å². The number of fused-ring (bicyclic) bond motifs is 1. The zero-order valence-electron chi connectivity index (χ0n) is 30.6. The molecule has 0 radical (unpaired) electrons. The third-order valence-corrected chi connectivity index (χ3v) is 10.1. The lowest BCUT2D eigenvalue weighted by atomic mass is 10.0. The Bertz CT molecular complexity index is 1880. The molecule has 282 valence electrons. The maximum Gasteiger partial charge on any atom is 0.335 e. The first kappa shape index (κ1) is 38.0. The van der Waals surface area contributed by atoms with Crippen LogP contribution in [-0.4, -0.2) is 147 Å². The number of ether oxygens (including phenoxy) is 1. The molecule has 3 aliphatic heterocycles. The van der Waals surface area contributed by atoms with Crippen LogP contribution < -0.4 is 15.5 Å². The molecule has 0 saturated carbocycles. The summed E-state index contributed by atoms with van der Waals surface area (Å²) in [5.74, 6) is 1.56. The highest BCUT2D eigenvalue weighted by Crippen LogP contribution is 2.27. The maximum absolute atomic E-state index is 13.0. The number of aromatic nitrogens is 3. The SMILES string of the molecule is CN1CCN(Cc2cc3c(N4CCOCC4)nc(-c4ccc(NC(=O)Nc5ccc(C(=O)N6CCC(N(C)C)CC6)cc5)cc4)nn3c2)CC1.O=S=O. The lowest BCUT2D eigenvalue weighted by molar-refractivity contribution is 0.0663. The largest absolute Gasteiger partial charge is 0.378 e. The molecule has 0 aliphatic carbocycles. The van der Waals surface area contributed by atoms with E-state index in [2.05, 4.69) is 63.6 Å². The summed E-state index contributed by atoms with van der Waals surface area (Å²) in [5.41, 5.74) is 4.95. The van der Waals surface area contributed by atoms with Gasteiger partial charge in [-0.3, -0.25) is 9.69 Å². The molecule has 0 spiro atoms. The van der Waals surface area contributed by atoms with Gasteiger partial charge in [0, 0.05) is 93.6 Å². The minimum atomic E-state index is -0.750. The molecular weight excluding hydrogens is 697 g/mol. The van der Waals surface area contributed by atoms with Gasteiger partial charge in [0.2, 0.25) is 0 Å². The number of rotatable bonds is 8. The Hall–Kier alpha value is -4.74. The molecule has 2 aromatic carbocycles. The Labute approximate surface area is 313 Å². The number of piperidine rings is 1. The Kier molecular flexibility index (Phi) is 12.8. The molecule has 0 atom stereocenters. The summed E-state index contributed by atoms with van der Waals surface area (Å²) in [7, 11) is 6.35. The average molecular weight is 745 g/mol. The Morgan fingerprint density at radius 2 is 1.47 bits per heavy atom. The van der Waals surface area contributed by atoms with Crippen LogP contribution in [0.15, 0.2) is 60.8 Å². The smallest absolute Gasteiger partial charge is 0.335 e. The second-order valence-corrected chi connectivity index (χ2v) is 14.0. The number of benzene rings is 2. The van der Waals surface area contributed by atoms with Gasteiger partial charge in [-0.25, -0.2) is 14.3 Å². The summed E-state index contributed by atoms with van der Waals surface area (Å²) < 4.78 is 24.2. The van der Waals surface area contributed by atoms with Gasteiger partial charge in [-0.15, -0.1) is 5.10 Å². The van der Waals surface area contributed by atoms with Gasteiger partial charge in [-0.2, -0.15) is 8.42 Å². The number of likely N-dealkylation sites (tertiary alicyclic amines) is 1. The number of amides is 3. The molecule has 0 bridgehead atoms. The van der Waals surface area contributed by atoms with Crippen LogP contribution in [-0.2, 0) is 22.9 Å². The van der Waals surface area contributed by atoms with Crippen molar-refractivity contribution in [1.29, 1.82) is 0 Å². The van der Waals surface area contributed by atoms with E-state index >= 15 is 0 Å². The van der Waals surface area contributed by atoms with Crippen LogP contribution in [0.4, 0.5) is 22.0 Å². The third-order valence-electron chi connectivity index (χ3n) is 10.1.